The van der Waals surface area contributed by atoms with Gasteiger partial charge in [-0.25, -0.2) is 0 Å². The highest BCUT2D eigenvalue weighted by Gasteiger charge is 2.08. The zero-order valence-electron chi connectivity index (χ0n) is 11.5. The van der Waals surface area contributed by atoms with Crippen LogP contribution >= 0.6 is 0 Å². The molecular formula is C13H19N5O2. The summed E-state index contributed by atoms with van der Waals surface area (Å²) in [6, 6.07) is 3.54. The van der Waals surface area contributed by atoms with E-state index in [9.17, 15) is 4.79 Å². The van der Waals surface area contributed by atoms with Crippen LogP contribution in [0.2, 0.25) is 0 Å². The molecule has 1 amide bonds. The van der Waals surface area contributed by atoms with Crippen LogP contribution in [0.5, 0.6) is 0 Å². The second-order valence-corrected chi connectivity index (χ2v) is 4.23. The summed E-state index contributed by atoms with van der Waals surface area (Å²) in [6.45, 7) is 4.39. The van der Waals surface area contributed by atoms with Crippen molar-refractivity contribution in [2.45, 2.75) is 20.0 Å². The summed E-state index contributed by atoms with van der Waals surface area (Å²) in [5.74, 6) is -0.166. The Labute approximate surface area is 117 Å². The van der Waals surface area contributed by atoms with Crippen LogP contribution in [0.15, 0.2) is 30.7 Å². The van der Waals surface area contributed by atoms with E-state index in [2.05, 4.69) is 15.5 Å². The van der Waals surface area contributed by atoms with Gasteiger partial charge in [-0.2, -0.15) is 10.2 Å². The van der Waals surface area contributed by atoms with Crippen LogP contribution in [0.25, 0.3) is 0 Å². The molecule has 0 fully saturated rings. The average molecular weight is 277 g/mol. The quantitative estimate of drug-likeness (QED) is 0.722. The first kappa shape index (κ1) is 14.3. The van der Waals surface area contributed by atoms with Crippen LogP contribution in [0, 0.1) is 0 Å². The van der Waals surface area contributed by atoms with Gasteiger partial charge >= 0.3 is 0 Å². The Morgan fingerprint density at radius 2 is 2.30 bits per heavy atom. The number of carbonyl (C=O) groups excluding carboxylic acids is 1. The monoisotopic (exact) mass is 277 g/mol. The highest BCUT2D eigenvalue weighted by atomic mass is 16.5. The van der Waals surface area contributed by atoms with Gasteiger partial charge in [0.05, 0.1) is 0 Å². The number of carbonyl (C=O) groups is 1. The third-order valence-corrected chi connectivity index (χ3v) is 2.68. The highest BCUT2D eigenvalue weighted by Crippen LogP contribution is 1.97. The van der Waals surface area contributed by atoms with E-state index in [0.717, 1.165) is 6.42 Å². The fourth-order valence-corrected chi connectivity index (χ4v) is 1.71. The van der Waals surface area contributed by atoms with Crippen molar-refractivity contribution in [3.8, 4) is 0 Å². The Hall–Kier alpha value is -2.15. The predicted octanol–water partition coefficient (Wildman–Crippen LogP) is 0.742. The van der Waals surface area contributed by atoms with Gasteiger partial charge in [-0.1, -0.05) is 0 Å². The maximum atomic E-state index is 11.8. The maximum absolute atomic E-state index is 11.8. The van der Waals surface area contributed by atoms with Crippen LogP contribution in [-0.2, 0) is 11.4 Å². The topological polar surface area (TPSA) is 74.0 Å². The van der Waals surface area contributed by atoms with E-state index in [1.807, 2.05) is 19.2 Å². The molecule has 0 aliphatic rings. The lowest BCUT2D eigenvalue weighted by molar-refractivity contribution is 0.0938. The zero-order valence-corrected chi connectivity index (χ0v) is 11.5. The number of rotatable bonds is 8. The van der Waals surface area contributed by atoms with E-state index in [-0.39, 0.29) is 5.91 Å². The van der Waals surface area contributed by atoms with Crippen molar-refractivity contribution < 1.29 is 9.53 Å². The minimum atomic E-state index is -0.166. The van der Waals surface area contributed by atoms with E-state index in [1.165, 1.54) is 0 Å². The highest BCUT2D eigenvalue weighted by molar-refractivity contribution is 5.92. The van der Waals surface area contributed by atoms with Crippen molar-refractivity contribution in [1.29, 1.82) is 0 Å². The van der Waals surface area contributed by atoms with Crippen LogP contribution in [-0.4, -0.2) is 45.2 Å². The number of ether oxygens (including phenoxy) is 1. The molecule has 7 nitrogen and oxygen atoms in total. The van der Waals surface area contributed by atoms with Gasteiger partial charge in [0.2, 0.25) is 0 Å². The van der Waals surface area contributed by atoms with Crippen molar-refractivity contribution in [1.82, 2.24) is 24.9 Å². The average Bonchev–Trinajstić information content (AvgIpc) is 3.10. The maximum Gasteiger partial charge on any atom is 0.271 e. The molecule has 2 rings (SSSR count). The van der Waals surface area contributed by atoms with Crippen molar-refractivity contribution >= 4 is 5.91 Å². The molecule has 2 aromatic rings. The van der Waals surface area contributed by atoms with E-state index >= 15 is 0 Å². The molecule has 0 saturated heterocycles. The minimum Gasteiger partial charge on any atom is -0.382 e. The Morgan fingerprint density at radius 3 is 3.05 bits per heavy atom. The molecule has 0 aromatic carbocycles. The van der Waals surface area contributed by atoms with Gasteiger partial charge < -0.3 is 10.1 Å². The molecule has 7 heteroatoms. The van der Waals surface area contributed by atoms with Crippen molar-refractivity contribution in [3.05, 3.63) is 36.4 Å². The molecule has 0 atom stereocenters. The van der Waals surface area contributed by atoms with E-state index in [0.29, 0.717) is 32.1 Å². The number of nitrogens with zero attached hydrogens (tertiary/aromatic N) is 4. The van der Waals surface area contributed by atoms with Gasteiger partial charge in [-0.05, 0) is 25.5 Å². The Balaban J connectivity index is 1.77. The number of hydrogen-bond acceptors (Lipinski definition) is 4. The lowest BCUT2D eigenvalue weighted by Crippen LogP contribution is -2.26. The lowest BCUT2D eigenvalue weighted by Gasteiger charge is -2.03. The predicted molar refractivity (Wildman–Crippen MR) is 73.3 cm³/mol. The van der Waals surface area contributed by atoms with Gasteiger partial charge in [0.25, 0.3) is 5.91 Å². The smallest absolute Gasteiger partial charge is 0.271 e. The number of hydrogen-bond donors (Lipinski definition) is 1. The summed E-state index contributed by atoms with van der Waals surface area (Å²) in [5.41, 5.74) is 0.411. The molecule has 2 heterocycles. The van der Waals surface area contributed by atoms with Gasteiger partial charge in [0.1, 0.15) is 12.4 Å². The molecule has 2 aromatic heterocycles. The van der Waals surface area contributed by atoms with Crippen LogP contribution in [0.1, 0.15) is 23.8 Å². The molecule has 0 spiro atoms. The largest absolute Gasteiger partial charge is 0.382 e. The first-order valence-electron chi connectivity index (χ1n) is 6.66. The fourth-order valence-electron chi connectivity index (χ4n) is 1.71. The summed E-state index contributed by atoms with van der Waals surface area (Å²) < 4.78 is 8.60. The number of aromatic nitrogens is 4. The van der Waals surface area contributed by atoms with Crippen LogP contribution in [0.4, 0.5) is 0 Å². The van der Waals surface area contributed by atoms with E-state index in [1.54, 1.807) is 27.8 Å². The van der Waals surface area contributed by atoms with Crippen LogP contribution in [0.3, 0.4) is 0 Å². The zero-order chi connectivity index (χ0) is 14.2. The third-order valence-electron chi connectivity index (χ3n) is 2.68. The van der Waals surface area contributed by atoms with Crippen molar-refractivity contribution in [2.75, 3.05) is 19.8 Å². The Kier molecular flexibility index (Phi) is 5.31. The Morgan fingerprint density at radius 1 is 1.40 bits per heavy atom. The minimum absolute atomic E-state index is 0.166. The van der Waals surface area contributed by atoms with E-state index in [4.69, 9.17) is 4.74 Å². The molecule has 0 aliphatic heterocycles. The summed E-state index contributed by atoms with van der Waals surface area (Å²) in [4.78, 5) is 11.8. The Bertz CT molecular complexity index is 521. The molecule has 20 heavy (non-hydrogen) atoms. The normalized spacial score (nSPS) is 10.7. The first-order chi connectivity index (χ1) is 9.79. The third kappa shape index (κ3) is 4.20. The molecule has 108 valence electrons. The lowest BCUT2D eigenvalue weighted by atomic mass is 10.4. The first-order valence-corrected chi connectivity index (χ1v) is 6.66. The van der Waals surface area contributed by atoms with Gasteiger partial charge in [-0.15, -0.1) is 0 Å². The molecule has 0 saturated carbocycles. The van der Waals surface area contributed by atoms with Gasteiger partial charge in [0, 0.05) is 38.3 Å². The van der Waals surface area contributed by atoms with Gasteiger partial charge in [0.15, 0.2) is 0 Å². The van der Waals surface area contributed by atoms with Crippen LogP contribution < -0.4 is 5.32 Å². The van der Waals surface area contributed by atoms with Crippen molar-refractivity contribution in [3.63, 3.8) is 0 Å². The molecular weight excluding hydrogens is 258 g/mol. The standard InChI is InChI=1S/C13H19N5O2/c1-2-20-10-4-6-14-13(19)12-5-9-18(16-12)11-17-8-3-7-15-17/h3,5,7-9H,2,4,6,10-11H2,1H3,(H,14,19). The second kappa shape index (κ2) is 7.44. The summed E-state index contributed by atoms with van der Waals surface area (Å²) in [7, 11) is 0. The number of amides is 1. The molecule has 0 unspecified atom stereocenters. The molecule has 0 aliphatic carbocycles. The van der Waals surface area contributed by atoms with Gasteiger partial charge in [-0.3, -0.25) is 14.2 Å². The SMILES string of the molecule is CCOCCCNC(=O)c1ccn(Cn2cccn2)n1. The molecule has 0 bridgehead atoms. The summed E-state index contributed by atoms with van der Waals surface area (Å²) >= 11 is 0. The summed E-state index contributed by atoms with van der Waals surface area (Å²) in [6.07, 6.45) is 6.11. The van der Waals surface area contributed by atoms with Crippen molar-refractivity contribution in [2.24, 2.45) is 0 Å². The molecule has 1 N–H and O–H groups in total. The molecule has 0 radical (unpaired) electrons. The van der Waals surface area contributed by atoms with E-state index < -0.39 is 0 Å². The second-order valence-electron chi connectivity index (χ2n) is 4.23. The summed E-state index contributed by atoms with van der Waals surface area (Å²) in [5, 5.41) is 11.1. The number of nitrogens with one attached hydrogen (secondary N) is 1. The fraction of sp³-hybridized carbons (Fsp3) is 0.462.